The second kappa shape index (κ2) is 5.88. The zero-order chi connectivity index (χ0) is 14.0. The molecule has 1 aromatic rings. The predicted octanol–water partition coefficient (Wildman–Crippen LogP) is 3.98. The second-order valence-corrected chi connectivity index (χ2v) is 6.53. The monoisotopic (exact) mass is 309 g/mol. The van der Waals surface area contributed by atoms with Crippen molar-refractivity contribution >= 4 is 34.6 Å². The summed E-state index contributed by atoms with van der Waals surface area (Å²) >= 11 is 11.5. The van der Waals surface area contributed by atoms with Gasteiger partial charge in [0.2, 0.25) is 0 Å². The Morgan fingerprint density at radius 2 is 1.60 bits per heavy atom. The minimum absolute atomic E-state index is 0.0584. The normalized spacial score (nSPS) is 22.4. The Morgan fingerprint density at radius 1 is 1.00 bits per heavy atom. The van der Waals surface area contributed by atoms with Crippen LogP contribution in [0.1, 0.15) is 44.9 Å². The van der Waals surface area contributed by atoms with Crippen LogP contribution in [-0.2, 0) is 0 Å². The number of hydrazine groups is 1. The molecule has 0 atom stereocenters. The molecule has 2 N–H and O–H groups in total. The van der Waals surface area contributed by atoms with Gasteiger partial charge in [0.05, 0.1) is 5.69 Å². The predicted molar refractivity (Wildman–Crippen MR) is 87.9 cm³/mol. The number of hydrogen-bond acceptors (Lipinski definition) is 2. The van der Waals surface area contributed by atoms with Crippen molar-refractivity contribution in [3.05, 3.63) is 29.3 Å². The molecule has 2 aliphatic rings. The van der Waals surface area contributed by atoms with Gasteiger partial charge >= 0.3 is 0 Å². The minimum Gasteiger partial charge on any atom is -0.342 e. The Kier molecular flexibility index (Phi) is 4.15. The Labute approximate surface area is 130 Å². The van der Waals surface area contributed by atoms with Crippen molar-refractivity contribution in [1.29, 1.82) is 0 Å². The number of hydrogen-bond donors (Lipinski definition) is 2. The highest BCUT2D eigenvalue weighted by Crippen LogP contribution is 2.30. The summed E-state index contributed by atoms with van der Waals surface area (Å²) in [6.07, 6.45) is 8.74. The molecule has 108 valence electrons. The van der Waals surface area contributed by atoms with Crippen LogP contribution in [0.2, 0.25) is 5.02 Å². The molecule has 0 unspecified atom stereocenters. The van der Waals surface area contributed by atoms with E-state index in [2.05, 4.69) is 10.7 Å². The molecule has 0 aromatic heterocycles. The van der Waals surface area contributed by atoms with Crippen LogP contribution in [0.4, 0.5) is 5.69 Å². The Balaban J connectivity index is 1.78. The number of anilines is 1. The van der Waals surface area contributed by atoms with E-state index in [4.69, 9.17) is 23.8 Å². The van der Waals surface area contributed by atoms with Crippen LogP contribution in [0.25, 0.3) is 0 Å². The lowest BCUT2D eigenvalue weighted by molar-refractivity contribution is 0.257. The molecule has 0 amide bonds. The molecule has 5 heteroatoms. The maximum atomic E-state index is 5.95. The summed E-state index contributed by atoms with van der Waals surface area (Å²) in [4.78, 5) is 0. The first kappa shape index (κ1) is 14.1. The topological polar surface area (TPSA) is 27.3 Å². The summed E-state index contributed by atoms with van der Waals surface area (Å²) in [5.74, 6) is 0. The van der Waals surface area contributed by atoms with Crippen LogP contribution in [-0.4, -0.2) is 10.8 Å². The molecule has 1 heterocycles. The zero-order valence-electron chi connectivity index (χ0n) is 11.5. The van der Waals surface area contributed by atoms with E-state index in [0.717, 1.165) is 28.7 Å². The Bertz CT molecular complexity index is 480. The highest BCUT2D eigenvalue weighted by molar-refractivity contribution is 7.80. The summed E-state index contributed by atoms with van der Waals surface area (Å²) < 4.78 is 0. The van der Waals surface area contributed by atoms with Gasteiger partial charge in [-0.25, -0.2) is 5.43 Å². The van der Waals surface area contributed by atoms with Gasteiger partial charge in [-0.15, -0.1) is 0 Å². The van der Waals surface area contributed by atoms with Crippen LogP contribution < -0.4 is 15.8 Å². The fourth-order valence-electron chi connectivity index (χ4n) is 3.07. The fraction of sp³-hybridized carbons (Fsp3) is 0.533. The van der Waals surface area contributed by atoms with E-state index in [1.54, 1.807) is 0 Å². The minimum atomic E-state index is -0.0584. The summed E-state index contributed by atoms with van der Waals surface area (Å²) in [5, 5.41) is 6.99. The van der Waals surface area contributed by atoms with Crippen molar-refractivity contribution < 1.29 is 0 Å². The van der Waals surface area contributed by atoms with Crippen LogP contribution in [0.5, 0.6) is 0 Å². The fourth-order valence-corrected chi connectivity index (χ4v) is 3.54. The van der Waals surface area contributed by atoms with Crippen molar-refractivity contribution in [3.8, 4) is 0 Å². The van der Waals surface area contributed by atoms with Gasteiger partial charge in [-0.3, -0.25) is 5.01 Å². The lowest BCUT2D eigenvalue weighted by atomic mass is 9.92. The van der Waals surface area contributed by atoms with Gasteiger partial charge in [-0.2, -0.15) is 0 Å². The highest BCUT2D eigenvalue weighted by Gasteiger charge is 2.40. The maximum absolute atomic E-state index is 5.95. The van der Waals surface area contributed by atoms with E-state index < -0.39 is 0 Å². The third-order valence-electron chi connectivity index (χ3n) is 4.17. The number of nitrogens with zero attached hydrogens (tertiary/aromatic N) is 1. The number of rotatable bonds is 1. The molecule has 2 fully saturated rings. The number of thiocarbonyl (C=S) groups is 1. The molecule has 0 bridgehead atoms. The van der Waals surface area contributed by atoms with Crippen molar-refractivity contribution in [2.45, 2.75) is 50.6 Å². The van der Waals surface area contributed by atoms with Gasteiger partial charge in [-0.05, 0) is 62.2 Å². The molecular formula is C15H20ClN3S. The van der Waals surface area contributed by atoms with Gasteiger partial charge in [0, 0.05) is 5.02 Å². The molecule has 1 aromatic carbocycles. The summed E-state index contributed by atoms with van der Waals surface area (Å²) in [6, 6.07) is 7.77. The first-order chi connectivity index (χ1) is 9.69. The van der Waals surface area contributed by atoms with Gasteiger partial charge in [0.15, 0.2) is 5.11 Å². The molecule has 1 aliphatic carbocycles. The van der Waals surface area contributed by atoms with Crippen molar-refractivity contribution in [2.75, 3.05) is 5.01 Å². The third-order valence-corrected chi connectivity index (χ3v) is 4.70. The molecule has 1 spiro atoms. The Morgan fingerprint density at radius 3 is 2.25 bits per heavy atom. The second-order valence-electron chi connectivity index (χ2n) is 5.70. The maximum Gasteiger partial charge on any atom is 0.189 e. The molecule has 1 saturated carbocycles. The van der Waals surface area contributed by atoms with E-state index in [0.29, 0.717) is 0 Å². The molecule has 3 nitrogen and oxygen atoms in total. The lowest BCUT2D eigenvalue weighted by Crippen LogP contribution is -2.51. The van der Waals surface area contributed by atoms with Gasteiger partial charge < -0.3 is 5.32 Å². The summed E-state index contributed by atoms with van der Waals surface area (Å²) in [7, 11) is 0. The molecule has 20 heavy (non-hydrogen) atoms. The van der Waals surface area contributed by atoms with Crippen LogP contribution in [0.15, 0.2) is 24.3 Å². The van der Waals surface area contributed by atoms with Crippen LogP contribution in [0, 0.1) is 0 Å². The first-order valence-corrected chi connectivity index (χ1v) is 8.13. The van der Waals surface area contributed by atoms with E-state index >= 15 is 0 Å². The van der Waals surface area contributed by atoms with E-state index in [1.807, 2.05) is 29.3 Å². The molecule has 0 radical (unpaired) electrons. The van der Waals surface area contributed by atoms with Crippen LogP contribution in [0.3, 0.4) is 0 Å². The SMILES string of the molecule is S=C1NC2(CCCCCCC2)NN1c1ccc(Cl)cc1. The van der Waals surface area contributed by atoms with Gasteiger partial charge in [0.1, 0.15) is 5.66 Å². The molecular weight excluding hydrogens is 290 g/mol. The highest BCUT2D eigenvalue weighted by atomic mass is 35.5. The third kappa shape index (κ3) is 2.92. The van der Waals surface area contributed by atoms with Crippen LogP contribution >= 0.6 is 23.8 Å². The number of benzene rings is 1. The average molecular weight is 310 g/mol. The van der Waals surface area contributed by atoms with Crippen molar-refractivity contribution in [3.63, 3.8) is 0 Å². The van der Waals surface area contributed by atoms with E-state index in [9.17, 15) is 0 Å². The molecule has 3 rings (SSSR count). The van der Waals surface area contributed by atoms with Gasteiger partial charge in [0.25, 0.3) is 0 Å². The zero-order valence-corrected chi connectivity index (χ0v) is 13.1. The summed E-state index contributed by atoms with van der Waals surface area (Å²) in [5.41, 5.74) is 4.57. The van der Waals surface area contributed by atoms with E-state index in [-0.39, 0.29) is 5.66 Å². The standard InChI is InChI=1S/C15H20ClN3S/c16-12-6-8-13(9-7-12)19-14(20)17-15(18-19)10-4-2-1-3-5-11-15/h6-9,18H,1-5,10-11H2,(H,17,20). The van der Waals surface area contributed by atoms with Crippen molar-refractivity contribution in [1.82, 2.24) is 10.7 Å². The summed E-state index contributed by atoms with van der Waals surface area (Å²) in [6.45, 7) is 0. The number of halogens is 1. The smallest absolute Gasteiger partial charge is 0.189 e. The molecule has 1 aliphatic heterocycles. The average Bonchev–Trinajstić information content (AvgIpc) is 2.74. The lowest BCUT2D eigenvalue weighted by Gasteiger charge is -2.31. The van der Waals surface area contributed by atoms with E-state index in [1.165, 1.54) is 32.1 Å². The Hall–Kier alpha value is -0.840. The largest absolute Gasteiger partial charge is 0.342 e. The quantitative estimate of drug-likeness (QED) is 0.767. The van der Waals surface area contributed by atoms with Crippen molar-refractivity contribution in [2.24, 2.45) is 0 Å². The first-order valence-electron chi connectivity index (χ1n) is 7.34. The molecule has 1 saturated heterocycles. The number of nitrogens with one attached hydrogen (secondary N) is 2. The van der Waals surface area contributed by atoms with Gasteiger partial charge in [-0.1, -0.05) is 30.9 Å².